The maximum atomic E-state index is 10.1. The Morgan fingerprint density at radius 1 is 0.933 bits per heavy atom. The van der Waals surface area contributed by atoms with Crippen LogP contribution in [-0.2, 0) is 4.79 Å². The fourth-order valence-electron chi connectivity index (χ4n) is 1.40. The highest BCUT2D eigenvalue weighted by Gasteiger charge is 1.91. The van der Waals surface area contributed by atoms with Crippen LogP contribution in [0.5, 0.6) is 0 Å². The molecule has 0 saturated heterocycles. The summed E-state index contributed by atoms with van der Waals surface area (Å²) in [6.45, 7) is 2.21. The average Bonchev–Trinajstić information content (AvgIpc) is 2.24. The highest BCUT2D eigenvalue weighted by molar-refractivity contribution is 5.63. The van der Waals surface area contributed by atoms with Gasteiger partial charge in [0.25, 0.3) is 0 Å². The van der Waals surface area contributed by atoms with Gasteiger partial charge in [-0.1, -0.05) is 51.9 Å². The third-order valence-corrected chi connectivity index (χ3v) is 2.23. The predicted molar refractivity (Wildman–Crippen MR) is 61.0 cm³/mol. The number of aliphatic carboxylic acids is 1. The Labute approximate surface area is 94.1 Å². The number of quaternary nitrogens is 1. The van der Waals surface area contributed by atoms with E-state index < -0.39 is 5.97 Å². The van der Waals surface area contributed by atoms with E-state index in [0.717, 1.165) is 12.8 Å². The van der Waals surface area contributed by atoms with E-state index in [1.54, 1.807) is 7.05 Å². The van der Waals surface area contributed by atoms with Crippen molar-refractivity contribution in [2.75, 3.05) is 7.05 Å². The van der Waals surface area contributed by atoms with Crippen molar-refractivity contribution in [2.45, 2.75) is 64.7 Å². The molecule has 0 aromatic rings. The van der Waals surface area contributed by atoms with E-state index >= 15 is 0 Å². The molecule has 3 nitrogen and oxygen atoms in total. The summed E-state index contributed by atoms with van der Waals surface area (Å²) in [7, 11) is 1.75. The highest BCUT2D eigenvalue weighted by atomic mass is 16.4. The number of hydrogen-bond acceptors (Lipinski definition) is 2. The van der Waals surface area contributed by atoms with E-state index in [1.807, 2.05) is 0 Å². The summed E-state index contributed by atoms with van der Waals surface area (Å²) in [4.78, 5) is 10.1. The first-order valence-electron chi connectivity index (χ1n) is 6.18. The van der Waals surface area contributed by atoms with Gasteiger partial charge < -0.3 is 15.6 Å². The zero-order chi connectivity index (χ0) is 11.9. The Morgan fingerprint density at radius 2 is 1.33 bits per heavy atom. The SMILES string of the molecule is CCCCCCCCCCC(=O)[O-].C[NH3+]. The molecule has 0 radical (unpaired) electrons. The van der Waals surface area contributed by atoms with E-state index in [9.17, 15) is 9.90 Å². The molecule has 0 atom stereocenters. The third-order valence-electron chi connectivity index (χ3n) is 2.23. The normalized spacial score (nSPS) is 9.27. The van der Waals surface area contributed by atoms with Crippen molar-refractivity contribution in [1.29, 1.82) is 0 Å². The van der Waals surface area contributed by atoms with Gasteiger partial charge in [0.15, 0.2) is 0 Å². The lowest BCUT2D eigenvalue weighted by Crippen LogP contribution is -2.40. The molecule has 3 N–H and O–H groups in total. The number of carboxylic acid groups (broad SMARTS) is 1. The molecule has 92 valence electrons. The minimum absolute atomic E-state index is 0.231. The van der Waals surface area contributed by atoms with Crippen LogP contribution in [0.25, 0.3) is 0 Å². The number of carbonyl (C=O) groups is 1. The second-order valence-electron chi connectivity index (χ2n) is 3.60. The van der Waals surface area contributed by atoms with Crippen LogP contribution in [0.3, 0.4) is 0 Å². The molecule has 0 aliphatic heterocycles. The summed E-state index contributed by atoms with van der Waals surface area (Å²) in [5.74, 6) is -0.911. The van der Waals surface area contributed by atoms with Crippen LogP contribution >= 0.6 is 0 Å². The zero-order valence-corrected chi connectivity index (χ0v) is 10.4. The minimum Gasteiger partial charge on any atom is -0.550 e. The third kappa shape index (κ3) is 19.7. The van der Waals surface area contributed by atoms with Crippen molar-refractivity contribution >= 4 is 5.97 Å². The summed E-state index contributed by atoms with van der Waals surface area (Å²) in [5.41, 5.74) is 3.25. The largest absolute Gasteiger partial charge is 0.550 e. The second-order valence-corrected chi connectivity index (χ2v) is 3.60. The van der Waals surface area contributed by atoms with Crippen LogP contribution in [0.15, 0.2) is 0 Å². The molecule has 0 aliphatic carbocycles. The van der Waals surface area contributed by atoms with Crippen molar-refractivity contribution in [3.8, 4) is 0 Å². The van der Waals surface area contributed by atoms with Gasteiger partial charge in [0.05, 0.1) is 7.05 Å². The second kappa shape index (κ2) is 15.9. The zero-order valence-electron chi connectivity index (χ0n) is 10.4. The van der Waals surface area contributed by atoms with Crippen LogP contribution in [0.1, 0.15) is 64.7 Å². The summed E-state index contributed by atoms with van der Waals surface area (Å²) < 4.78 is 0. The molecule has 0 spiro atoms. The number of hydrogen-bond donors (Lipinski definition) is 1. The first-order valence-corrected chi connectivity index (χ1v) is 6.18. The molecule has 0 aromatic carbocycles. The van der Waals surface area contributed by atoms with Crippen LogP contribution in [0.2, 0.25) is 0 Å². The fraction of sp³-hybridized carbons (Fsp3) is 0.917. The Hall–Kier alpha value is -0.570. The first kappa shape index (κ1) is 16.8. The lowest BCUT2D eigenvalue weighted by molar-refractivity contribution is -0.325. The fourth-order valence-corrected chi connectivity index (χ4v) is 1.40. The van der Waals surface area contributed by atoms with Gasteiger partial charge in [-0.3, -0.25) is 0 Å². The van der Waals surface area contributed by atoms with E-state index in [4.69, 9.17) is 0 Å². The Morgan fingerprint density at radius 3 is 1.73 bits per heavy atom. The van der Waals surface area contributed by atoms with Crippen molar-refractivity contribution in [1.82, 2.24) is 0 Å². The van der Waals surface area contributed by atoms with Gasteiger partial charge in [-0.2, -0.15) is 0 Å². The van der Waals surface area contributed by atoms with Gasteiger partial charge in [-0.25, -0.2) is 0 Å². The lowest BCUT2D eigenvalue weighted by atomic mass is 10.1. The maximum absolute atomic E-state index is 10.1. The summed E-state index contributed by atoms with van der Waals surface area (Å²) in [6.07, 6.45) is 9.75. The van der Waals surface area contributed by atoms with Gasteiger partial charge in [0.2, 0.25) is 0 Å². The van der Waals surface area contributed by atoms with Crippen molar-refractivity contribution < 1.29 is 15.6 Å². The monoisotopic (exact) mass is 217 g/mol. The molecule has 0 amide bonds. The van der Waals surface area contributed by atoms with Crippen LogP contribution in [0, 0.1) is 0 Å². The topological polar surface area (TPSA) is 67.8 Å². The lowest BCUT2D eigenvalue weighted by Gasteiger charge is -2.02. The molecular weight excluding hydrogens is 190 g/mol. The van der Waals surface area contributed by atoms with E-state index in [2.05, 4.69) is 12.7 Å². The van der Waals surface area contributed by atoms with E-state index in [0.29, 0.717) is 0 Å². The predicted octanol–water partition coefficient (Wildman–Crippen LogP) is 1.13. The van der Waals surface area contributed by atoms with Gasteiger partial charge in [0.1, 0.15) is 0 Å². The Bertz CT molecular complexity index is 127. The van der Waals surface area contributed by atoms with Crippen molar-refractivity contribution in [3.63, 3.8) is 0 Å². The van der Waals surface area contributed by atoms with Gasteiger partial charge in [0, 0.05) is 5.97 Å². The smallest absolute Gasteiger partial charge is 0.0634 e. The molecule has 0 saturated carbocycles. The van der Waals surface area contributed by atoms with Gasteiger partial charge in [-0.15, -0.1) is 0 Å². The molecule has 0 aromatic heterocycles. The quantitative estimate of drug-likeness (QED) is 0.588. The highest BCUT2D eigenvalue weighted by Crippen LogP contribution is 2.08. The van der Waals surface area contributed by atoms with Gasteiger partial charge >= 0.3 is 0 Å². The molecular formula is C12H27NO2. The molecule has 0 heterocycles. The summed E-state index contributed by atoms with van der Waals surface area (Å²) in [5, 5.41) is 10.1. The first-order chi connectivity index (χ1) is 7.27. The molecule has 3 heteroatoms. The standard InChI is InChI=1S/C11H22O2.CH5N/c1-2-3-4-5-6-7-8-9-10-11(12)13;1-2/h2-10H2,1H3,(H,12,13);2H2,1H3. The Kier molecular flexibility index (Phi) is 17.8. The molecule has 0 aliphatic rings. The van der Waals surface area contributed by atoms with Crippen LogP contribution < -0.4 is 10.8 Å². The molecule has 0 rings (SSSR count). The molecule has 0 fully saturated rings. The molecule has 0 bridgehead atoms. The Balaban J connectivity index is 0. The van der Waals surface area contributed by atoms with E-state index in [1.165, 1.54) is 38.5 Å². The number of unbranched alkanes of at least 4 members (excludes halogenated alkanes) is 7. The van der Waals surface area contributed by atoms with Crippen LogP contribution in [0.4, 0.5) is 0 Å². The summed E-state index contributed by atoms with van der Waals surface area (Å²) in [6, 6.07) is 0. The number of rotatable bonds is 9. The van der Waals surface area contributed by atoms with E-state index in [-0.39, 0.29) is 6.42 Å². The average molecular weight is 217 g/mol. The number of carboxylic acids is 1. The maximum Gasteiger partial charge on any atom is 0.0634 e. The molecule has 15 heavy (non-hydrogen) atoms. The molecule has 0 unspecified atom stereocenters. The van der Waals surface area contributed by atoms with Gasteiger partial charge in [-0.05, 0) is 12.8 Å². The van der Waals surface area contributed by atoms with Crippen molar-refractivity contribution in [3.05, 3.63) is 0 Å². The van der Waals surface area contributed by atoms with Crippen LogP contribution in [-0.4, -0.2) is 13.0 Å². The van der Waals surface area contributed by atoms with Crippen molar-refractivity contribution in [2.24, 2.45) is 0 Å². The number of carbonyl (C=O) groups excluding carboxylic acids is 1. The summed E-state index contributed by atoms with van der Waals surface area (Å²) >= 11 is 0. The minimum atomic E-state index is -0.911.